The summed E-state index contributed by atoms with van der Waals surface area (Å²) < 4.78 is 5.57. The van der Waals surface area contributed by atoms with Crippen LogP contribution in [0.2, 0.25) is 0 Å². The second-order valence-electron chi connectivity index (χ2n) is 7.66. The molecule has 1 aromatic carbocycles. The minimum atomic E-state index is 0. The van der Waals surface area contributed by atoms with E-state index in [1.54, 1.807) is 11.3 Å². The monoisotopic (exact) mass is 554 g/mol. The van der Waals surface area contributed by atoms with Crippen LogP contribution in [0.5, 0.6) is 5.75 Å². The van der Waals surface area contributed by atoms with E-state index in [2.05, 4.69) is 52.2 Å². The highest BCUT2D eigenvalue weighted by molar-refractivity contribution is 14.0. The average molecular weight is 554 g/mol. The quantitative estimate of drug-likeness (QED) is 0.313. The van der Waals surface area contributed by atoms with Crippen LogP contribution in [0.25, 0.3) is 0 Å². The summed E-state index contributed by atoms with van der Waals surface area (Å²) in [5.41, 5.74) is 3.91. The van der Waals surface area contributed by atoms with Crippen molar-refractivity contribution in [3.8, 4) is 5.75 Å². The van der Waals surface area contributed by atoms with Crippen LogP contribution in [0.1, 0.15) is 34.9 Å². The van der Waals surface area contributed by atoms with Crippen molar-refractivity contribution in [2.45, 2.75) is 39.2 Å². The van der Waals surface area contributed by atoms with Gasteiger partial charge >= 0.3 is 0 Å². The maximum atomic E-state index is 12.6. The van der Waals surface area contributed by atoms with E-state index < -0.39 is 0 Å². The zero-order valence-electron chi connectivity index (χ0n) is 18.0. The highest BCUT2D eigenvalue weighted by Crippen LogP contribution is 2.26. The third-order valence-electron chi connectivity index (χ3n) is 5.56. The maximum Gasteiger partial charge on any atom is 0.224 e. The Morgan fingerprint density at radius 3 is 3.00 bits per heavy atom. The van der Waals surface area contributed by atoms with E-state index in [-0.39, 0.29) is 29.9 Å². The van der Waals surface area contributed by atoms with E-state index >= 15 is 0 Å². The molecule has 0 saturated carbocycles. The first-order valence-corrected chi connectivity index (χ1v) is 11.7. The standard InChI is InChI=1S/C23H30N4O2S.HI/c1-2-24-23(25-10-5-17-3-4-20-18(15-17)8-13-29-20)26-11-6-22(28)27-12-7-21-19(16-27)9-14-30-21;/h3-4,9,14-15H,2,5-8,10-13,16H2,1H3,(H2,24,25,26);1H. The highest BCUT2D eigenvalue weighted by atomic mass is 127. The average Bonchev–Trinajstić information content (AvgIpc) is 3.41. The van der Waals surface area contributed by atoms with Gasteiger partial charge < -0.3 is 20.3 Å². The van der Waals surface area contributed by atoms with E-state index in [4.69, 9.17) is 4.74 Å². The first kappa shape index (κ1) is 23.8. The van der Waals surface area contributed by atoms with Gasteiger partial charge in [0.25, 0.3) is 0 Å². The minimum Gasteiger partial charge on any atom is -0.493 e. The summed E-state index contributed by atoms with van der Waals surface area (Å²) in [5.74, 6) is 1.98. The lowest BCUT2D eigenvalue weighted by molar-refractivity contribution is -0.131. The van der Waals surface area contributed by atoms with Gasteiger partial charge in [-0.15, -0.1) is 35.3 Å². The number of rotatable bonds is 7. The van der Waals surface area contributed by atoms with Crippen LogP contribution >= 0.6 is 35.3 Å². The Labute approximate surface area is 205 Å². The van der Waals surface area contributed by atoms with Crippen molar-refractivity contribution in [3.63, 3.8) is 0 Å². The van der Waals surface area contributed by atoms with Crippen molar-refractivity contribution in [1.82, 2.24) is 15.5 Å². The number of nitrogens with zero attached hydrogens (tertiary/aromatic N) is 2. The topological polar surface area (TPSA) is 66.0 Å². The molecule has 8 heteroatoms. The molecule has 0 unspecified atom stereocenters. The Bertz CT molecular complexity index is 915. The van der Waals surface area contributed by atoms with Crippen LogP contribution in [0, 0.1) is 0 Å². The van der Waals surface area contributed by atoms with E-state index in [1.165, 1.54) is 21.6 Å². The summed E-state index contributed by atoms with van der Waals surface area (Å²) in [5, 5.41) is 8.77. The Morgan fingerprint density at radius 1 is 1.23 bits per heavy atom. The molecule has 0 spiro atoms. The Morgan fingerprint density at radius 2 is 2.13 bits per heavy atom. The number of ether oxygens (including phenoxy) is 1. The van der Waals surface area contributed by atoms with Gasteiger partial charge in [0.1, 0.15) is 5.75 Å². The van der Waals surface area contributed by atoms with Crippen LogP contribution in [0.4, 0.5) is 0 Å². The number of carbonyl (C=O) groups is 1. The van der Waals surface area contributed by atoms with E-state index in [0.29, 0.717) is 13.0 Å². The molecule has 0 saturated heterocycles. The zero-order chi connectivity index (χ0) is 20.8. The molecule has 1 aromatic heterocycles. The fourth-order valence-electron chi connectivity index (χ4n) is 3.95. The van der Waals surface area contributed by atoms with Crippen LogP contribution in [-0.4, -0.2) is 49.6 Å². The molecule has 0 atom stereocenters. The molecule has 2 aliphatic rings. The molecule has 0 radical (unpaired) electrons. The fraction of sp³-hybridized carbons (Fsp3) is 0.478. The second kappa shape index (κ2) is 11.7. The van der Waals surface area contributed by atoms with E-state index in [1.807, 2.05) is 4.90 Å². The number of nitrogens with one attached hydrogen (secondary N) is 2. The van der Waals surface area contributed by atoms with Crippen LogP contribution < -0.4 is 15.4 Å². The molecule has 2 aromatic rings. The lowest BCUT2D eigenvalue weighted by Crippen LogP contribution is -2.39. The summed E-state index contributed by atoms with van der Waals surface area (Å²) in [6.45, 7) is 6.49. The third kappa shape index (κ3) is 6.35. The number of halogens is 1. The molecule has 31 heavy (non-hydrogen) atoms. The highest BCUT2D eigenvalue weighted by Gasteiger charge is 2.21. The molecule has 1 amide bonds. The fourth-order valence-corrected chi connectivity index (χ4v) is 4.83. The van der Waals surface area contributed by atoms with Crippen molar-refractivity contribution >= 4 is 47.2 Å². The molecule has 0 aliphatic carbocycles. The van der Waals surface area contributed by atoms with Crippen molar-refractivity contribution in [2.75, 3.05) is 32.8 Å². The predicted octanol–water partition coefficient (Wildman–Crippen LogP) is 3.37. The van der Waals surface area contributed by atoms with Crippen molar-refractivity contribution < 1.29 is 9.53 Å². The number of amides is 1. The van der Waals surface area contributed by atoms with Gasteiger partial charge in [0.2, 0.25) is 5.91 Å². The van der Waals surface area contributed by atoms with Gasteiger partial charge in [0, 0.05) is 43.9 Å². The minimum absolute atomic E-state index is 0. The number of hydrogen-bond donors (Lipinski definition) is 2. The predicted molar refractivity (Wildman–Crippen MR) is 137 cm³/mol. The van der Waals surface area contributed by atoms with Gasteiger partial charge in [0.15, 0.2) is 5.96 Å². The van der Waals surface area contributed by atoms with Gasteiger partial charge in [-0.2, -0.15) is 0 Å². The molecule has 4 rings (SSSR count). The molecule has 2 N–H and O–H groups in total. The molecule has 0 fully saturated rings. The molecule has 168 valence electrons. The summed E-state index contributed by atoms with van der Waals surface area (Å²) in [4.78, 5) is 20.6. The summed E-state index contributed by atoms with van der Waals surface area (Å²) >= 11 is 1.80. The molecule has 6 nitrogen and oxygen atoms in total. The molecule has 0 bridgehead atoms. The Balaban J connectivity index is 0.00000272. The Kier molecular flexibility index (Phi) is 9.01. The zero-order valence-corrected chi connectivity index (χ0v) is 21.1. The summed E-state index contributed by atoms with van der Waals surface area (Å²) in [6, 6.07) is 8.58. The molecule has 2 aliphatic heterocycles. The number of fused-ring (bicyclic) bond motifs is 2. The van der Waals surface area contributed by atoms with Crippen LogP contribution in [-0.2, 0) is 30.6 Å². The third-order valence-corrected chi connectivity index (χ3v) is 6.58. The molecular weight excluding hydrogens is 523 g/mol. The van der Waals surface area contributed by atoms with Gasteiger partial charge in [-0.3, -0.25) is 9.79 Å². The van der Waals surface area contributed by atoms with E-state index in [0.717, 1.165) is 63.8 Å². The number of hydrogen-bond acceptors (Lipinski definition) is 4. The van der Waals surface area contributed by atoms with Gasteiger partial charge in [-0.25, -0.2) is 0 Å². The van der Waals surface area contributed by atoms with Gasteiger partial charge in [0.05, 0.1) is 13.2 Å². The van der Waals surface area contributed by atoms with Crippen LogP contribution in [0.15, 0.2) is 34.6 Å². The Hall–Kier alpha value is -1.81. The number of guanidine groups is 1. The SMILES string of the molecule is CCNC(=NCCC(=O)N1CCc2sccc2C1)NCCc1ccc2c(c1)CCO2.I. The maximum absolute atomic E-state index is 12.6. The summed E-state index contributed by atoms with van der Waals surface area (Å²) in [6.07, 6.45) is 3.34. The summed E-state index contributed by atoms with van der Waals surface area (Å²) in [7, 11) is 0. The van der Waals surface area contributed by atoms with Crippen molar-refractivity contribution in [2.24, 2.45) is 4.99 Å². The first-order valence-electron chi connectivity index (χ1n) is 10.8. The lowest BCUT2D eigenvalue weighted by Gasteiger charge is -2.26. The normalized spacial score (nSPS) is 14.9. The molecule has 3 heterocycles. The number of aliphatic imine (C=N–C) groups is 1. The smallest absolute Gasteiger partial charge is 0.224 e. The lowest BCUT2D eigenvalue weighted by atomic mass is 10.1. The van der Waals surface area contributed by atoms with Crippen molar-refractivity contribution in [3.05, 3.63) is 51.2 Å². The van der Waals surface area contributed by atoms with E-state index in [9.17, 15) is 4.79 Å². The van der Waals surface area contributed by atoms with Gasteiger partial charge in [-0.1, -0.05) is 12.1 Å². The number of carbonyl (C=O) groups excluding carboxylic acids is 1. The van der Waals surface area contributed by atoms with Crippen LogP contribution in [0.3, 0.4) is 0 Å². The van der Waals surface area contributed by atoms with Crippen molar-refractivity contribution in [1.29, 1.82) is 0 Å². The number of thiophene rings is 1. The molecular formula is C23H31IN4O2S. The van der Waals surface area contributed by atoms with Gasteiger partial charge in [-0.05, 0) is 54.0 Å². The second-order valence-corrected chi connectivity index (χ2v) is 8.66. The number of benzene rings is 1. The first-order chi connectivity index (χ1) is 14.7. The largest absolute Gasteiger partial charge is 0.493 e.